The van der Waals surface area contributed by atoms with Gasteiger partial charge in [-0.25, -0.2) is 4.39 Å². The molecular weight excluding hydrogens is 281 g/mol. The van der Waals surface area contributed by atoms with E-state index in [-0.39, 0.29) is 10.7 Å². The van der Waals surface area contributed by atoms with Crippen LogP contribution in [0.25, 0.3) is 17.1 Å². The SMILES string of the molecule is Nc1ccccc1-c1nnnn1-c1cccc(Cl)c1F. The van der Waals surface area contributed by atoms with Gasteiger partial charge in [0.15, 0.2) is 11.6 Å². The van der Waals surface area contributed by atoms with Gasteiger partial charge in [0.05, 0.1) is 5.02 Å². The van der Waals surface area contributed by atoms with Gasteiger partial charge in [0.2, 0.25) is 0 Å². The highest BCUT2D eigenvalue weighted by Gasteiger charge is 2.17. The summed E-state index contributed by atoms with van der Waals surface area (Å²) in [5, 5.41) is 11.3. The molecule has 0 bridgehead atoms. The lowest BCUT2D eigenvalue weighted by Crippen LogP contribution is -2.04. The molecule has 0 radical (unpaired) electrons. The number of anilines is 1. The van der Waals surface area contributed by atoms with Gasteiger partial charge in [-0.2, -0.15) is 4.68 Å². The van der Waals surface area contributed by atoms with E-state index in [1.807, 2.05) is 0 Å². The normalized spacial score (nSPS) is 10.7. The van der Waals surface area contributed by atoms with Gasteiger partial charge in [-0.15, -0.1) is 5.10 Å². The maximum Gasteiger partial charge on any atom is 0.189 e. The Morgan fingerprint density at radius 3 is 2.70 bits per heavy atom. The first-order valence-corrected chi connectivity index (χ1v) is 6.14. The van der Waals surface area contributed by atoms with Crippen molar-refractivity contribution in [3.05, 3.63) is 53.3 Å². The van der Waals surface area contributed by atoms with Crippen molar-refractivity contribution in [1.82, 2.24) is 20.2 Å². The molecule has 100 valence electrons. The van der Waals surface area contributed by atoms with Crippen LogP contribution in [-0.2, 0) is 0 Å². The summed E-state index contributed by atoms with van der Waals surface area (Å²) >= 11 is 5.78. The number of benzene rings is 2. The van der Waals surface area contributed by atoms with Crippen LogP contribution in [0.1, 0.15) is 0 Å². The number of hydrogen-bond donors (Lipinski definition) is 1. The highest BCUT2D eigenvalue weighted by Crippen LogP contribution is 2.27. The molecule has 0 aliphatic carbocycles. The van der Waals surface area contributed by atoms with Crippen LogP contribution in [0.15, 0.2) is 42.5 Å². The van der Waals surface area contributed by atoms with E-state index in [1.165, 1.54) is 10.7 Å². The van der Waals surface area contributed by atoms with Crippen molar-refractivity contribution in [2.45, 2.75) is 0 Å². The number of aromatic nitrogens is 4. The van der Waals surface area contributed by atoms with E-state index < -0.39 is 5.82 Å². The number of nitrogen functional groups attached to an aromatic ring is 1. The summed E-state index contributed by atoms with van der Waals surface area (Å²) in [6, 6.07) is 11.7. The molecule has 3 aromatic rings. The fourth-order valence-corrected chi connectivity index (χ4v) is 2.04. The Balaban J connectivity index is 2.21. The average Bonchev–Trinajstić information content (AvgIpc) is 2.91. The lowest BCUT2D eigenvalue weighted by atomic mass is 10.1. The number of tetrazole rings is 1. The van der Waals surface area contributed by atoms with E-state index in [9.17, 15) is 4.39 Å². The molecule has 2 N–H and O–H groups in total. The fourth-order valence-electron chi connectivity index (χ4n) is 1.87. The van der Waals surface area contributed by atoms with Crippen LogP contribution < -0.4 is 5.73 Å². The van der Waals surface area contributed by atoms with Crippen LogP contribution in [0.2, 0.25) is 5.02 Å². The lowest BCUT2D eigenvalue weighted by molar-refractivity contribution is 0.608. The number of para-hydroxylation sites is 1. The summed E-state index contributed by atoms with van der Waals surface area (Å²) in [5.41, 5.74) is 7.19. The van der Waals surface area contributed by atoms with Crippen molar-refractivity contribution in [2.75, 3.05) is 5.73 Å². The van der Waals surface area contributed by atoms with Gasteiger partial charge < -0.3 is 5.73 Å². The van der Waals surface area contributed by atoms with Crippen molar-refractivity contribution in [3.63, 3.8) is 0 Å². The molecule has 0 atom stereocenters. The van der Waals surface area contributed by atoms with Crippen LogP contribution in [0.5, 0.6) is 0 Å². The van der Waals surface area contributed by atoms with Gasteiger partial charge in [0.1, 0.15) is 5.69 Å². The summed E-state index contributed by atoms with van der Waals surface area (Å²) < 4.78 is 15.4. The highest BCUT2D eigenvalue weighted by atomic mass is 35.5. The molecule has 0 aliphatic heterocycles. The third kappa shape index (κ3) is 2.00. The monoisotopic (exact) mass is 289 g/mol. The van der Waals surface area contributed by atoms with Crippen molar-refractivity contribution >= 4 is 17.3 Å². The number of nitrogens with two attached hydrogens (primary N) is 1. The Morgan fingerprint density at radius 2 is 1.90 bits per heavy atom. The summed E-state index contributed by atoms with van der Waals surface area (Å²) in [5.74, 6) is -0.235. The first-order valence-electron chi connectivity index (χ1n) is 5.76. The summed E-state index contributed by atoms with van der Waals surface area (Å²) in [4.78, 5) is 0. The summed E-state index contributed by atoms with van der Waals surface area (Å²) in [6.07, 6.45) is 0. The van der Waals surface area contributed by atoms with E-state index in [0.717, 1.165) is 0 Å². The first kappa shape index (κ1) is 12.6. The van der Waals surface area contributed by atoms with Gasteiger partial charge in [-0.05, 0) is 34.7 Å². The minimum Gasteiger partial charge on any atom is -0.398 e. The predicted molar refractivity (Wildman–Crippen MR) is 74.0 cm³/mol. The van der Waals surface area contributed by atoms with Crippen LogP contribution in [0, 0.1) is 5.82 Å². The molecule has 0 spiro atoms. The molecule has 20 heavy (non-hydrogen) atoms. The molecule has 2 aromatic carbocycles. The predicted octanol–water partition coefficient (Wildman–Crippen LogP) is 2.70. The zero-order valence-electron chi connectivity index (χ0n) is 10.2. The number of halogens is 2. The molecule has 5 nitrogen and oxygen atoms in total. The molecule has 0 fully saturated rings. The molecule has 3 rings (SSSR count). The topological polar surface area (TPSA) is 69.6 Å². The van der Waals surface area contributed by atoms with Crippen LogP contribution >= 0.6 is 11.6 Å². The first-order chi connectivity index (χ1) is 9.68. The molecule has 0 saturated carbocycles. The van der Waals surface area contributed by atoms with Crippen LogP contribution in [-0.4, -0.2) is 20.2 Å². The second-order valence-corrected chi connectivity index (χ2v) is 4.48. The van der Waals surface area contributed by atoms with Crippen molar-refractivity contribution in [1.29, 1.82) is 0 Å². The minimum absolute atomic E-state index is 0.00461. The van der Waals surface area contributed by atoms with E-state index in [1.54, 1.807) is 36.4 Å². The van der Waals surface area contributed by atoms with Gasteiger partial charge in [0.25, 0.3) is 0 Å². The van der Waals surface area contributed by atoms with Gasteiger partial charge in [-0.3, -0.25) is 0 Å². The molecular formula is C13H9ClFN5. The summed E-state index contributed by atoms with van der Waals surface area (Å²) in [6.45, 7) is 0. The average molecular weight is 290 g/mol. The van der Waals surface area contributed by atoms with E-state index in [0.29, 0.717) is 17.1 Å². The van der Waals surface area contributed by atoms with Crippen molar-refractivity contribution in [3.8, 4) is 17.1 Å². The largest absolute Gasteiger partial charge is 0.398 e. The Morgan fingerprint density at radius 1 is 1.10 bits per heavy atom. The van der Waals surface area contributed by atoms with Crippen molar-refractivity contribution in [2.24, 2.45) is 0 Å². The Bertz CT molecular complexity index is 771. The molecule has 0 saturated heterocycles. The number of nitrogens with zero attached hydrogens (tertiary/aromatic N) is 4. The third-order valence-electron chi connectivity index (χ3n) is 2.83. The van der Waals surface area contributed by atoms with E-state index in [2.05, 4.69) is 15.5 Å². The van der Waals surface area contributed by atoms with Gasteiger partial charge in [0, 0.05) is 11.3 Å². The third-order valence-corrected chi connectivity index (χ3v) is 3.12. The Kier molecular flexibility index (Phi) is 3.08. The lowest BCUT2D eigenvalue weighted by Gasteiger charge is -2.08. The second-order valence-electron chi connectivity index (χ2n) is 4.07. The zero-order chi connectivity index (χ0) is 14.1. The van der Waals surface area contributed by atoms with Crippen LogP contribution in [0.3, 0.4) is 0 Å². The highest BCUT2D eigenvalue weighted by molar-refractivity contribution is 6.30. The molecule has 1 aromatic heterocycles. The number of rotatable bonds is 2. The minimum atomic E-state index is -0.586. The maximum atomic E-state index is 14.1. The smallest absolute Gasteiger partial charge is 0.189 e. The fraction of sp³-hybridized carbons (Fsp3) is 0. The van der Waals surface area contributed by atoms with Gasteiger partial charge in [-0.1, -0.05) is 29.8 Å². The molecule has 0 unspecified atom stereocenters. The molecule has 0 aliphatic rings. The second kappa shape index (κ2) is 4.90. The number of hydrogen-bond acceptors (Lipinski definition) is 4. The summed E-state index contributed by atoms with van der Waals surface area (Å²) in [7, 11) is 0. The van der Waals surface area contributed by atoms with Crippen molar-refractivity contribution < 1.29 is 4.39 Å². The quantitative estimate of drug-likeness (QED) is 0.736. The van der Waals surface area contributed by atoms with Crippen LogP contribution in [0.4, 0.5) is 10.1 Å². The maximum absolute atomic E-state index is 14.1. The van der Waals surface area contributed by atoms with Gasteiger partial charge >= 0.3 is 0 Å². The Hall–Kier alpha value is -2.47. The molecule has 0 amide bonds. The zero-order valence-corrected chi connectivity index (χ0v) is 10.9. The Labute approximate surface area is 118 Å². The molecule has 1 heterocycles. The van der Waals surface area contributed by atoms with E-state index >= 15 is 0 Å². The standard InChI is InChI=1S/C13H9ClFN5/c14-9-5-3-7-11(12(9)15)20-13(17-18-19-20)8-4-1-2-6-10(8)16/h1-7H,16H2. The molecule has 7 heteroatoms. The van der Waals surface area contributed by atoms with E-state index in [4.69, 9.17) is 17.3 Å².